The van der Waals surface area contributed by atoms with Gasteiger partial charge >= 0.3 is 5.97 Å². The van der Waals surface area contributed by atoms with Crippen molar-refractivity contribution in [3.8, 4) is 5.75 Å². The Morgan fingerprint density at radius 1 is 1.45 bits per heavy atom. The minimum Gasteiger partial charge on any atom is -0.490 e. The topological polar surface area (TPSA) is 51.7 Å². The fourth-order valence-corrected chi connectivity index (χ4v) is 2.51. The van der Waals surface area contributed by atoms with E-state index in [0.717, 1.165) is 31.0 Å². The van der Waals surface area contributed by atoms with Crippen LogP contribution in [0.3, 0.4) is 0 Å². The Morgan fingerprint density at radius 2 is 2.30 bits per heavy atom. The van der Waals surface area contributed by atoms with E-state index in [2.05, 4.69) is 9.88 Å². The first-order chi connectivity index (χ1) is 9.76. The summed E-state index contributed by atoms with van der Waals surface area (Å²) in [6.45, 7) is 6.37. The number of hydrogen-bond donors (Lipinski definition) is 0. The normalized spacial score (nSPS) is 18.7. The number of carbonyl (C=O) groups is 1. The summed E-state index contributed by atoms with van der Waals surface area (Å²) < 4.78 is 10.7. The van der Waals surface area contributed by atoms with Gasteiger partial charge in [-0.1, -0.05) is 0 Å². The summed E-state index contributed by atoms with van der Waals surface area (Å²) in [5, 5.41) is 0. The molecule has 2 heterocycles. The highest BCUT2D eigenvalue weighted by Gasteiger charge is 2.28. The Morgan fingerprint density at radius 3 is 3.05 bits per heavy atom. The second-order valence-electron chi connectivity index (χ2n) is 4.80. The van der Waals surface area contributed by atoms with Gasteiger partial charge < -0.3 is 14.4 Å². The zero-order valence-corrected chi connectivity index (χ0v) is 12.2. The Kier molecular flexibility index (Phi) is 5.21. The van der Waals surface area contributed by atoms with E-state index in [9.17, 15) is 4.79 Å². The largest absolute Gasteiger partial charge is 0.490 e. The molecule has 1 aliphatic rings. The fourth-order valence-electron chi connectivity index (χ4n) is 2.51. The second-order valence-corrected chi connectivity index (χ2v) is 4.80. The van der Waals surface area contributed by atoms with E-state index >= 15 is 0 Å². The third kappa shape index (κ3) is 3.40. The molecule has 0 radical (unpaired) electrons. The maximum Gasteiger partial charge on any atom is 0.310 e. The van der Waals surface area contributed by atoms with Crippen LogP contribution >= 0.6 is 0 Å². The van der Waals surface area contributed by atoms with E-state index in [1.54, 1.807) is 6.20 Å². The standard InChI is InChI=1S/C15H22N2O3/c1-3-19-13-8-5-9-16-14(13)17-10-6-7-12(11-17)15(18)20-4-2/h5,8-9,12H,3-4,6-7,10-11H2,1-2H3. The van der Waals surface area contributed by atoms with Crippen LogP contribution in [0.15, 0.2) is 18.3 Å². The lowest BCUT2D eigenvalue weighted by atomic mass is 9.98. The van der Waals surface area contributed by atoms with Crippen molar-refractivity contribution in [2.24, 2.45) is 5.92 Å². The van der Waals surface area contributed by atoms with Crippen molar-refractivity contribution in [1.29, 1.82) is 0 Å². The van der Waals surface area contributed by atoms with Crippen molar-refractivity contribution in [2.75, 3.05) is 31.2 Å². The molecule has 1 saturated heterocycles. The Bertz CT molecular complexity index is 450. The summed E-state index contributed by atoms with van der Waals surface area (Å²) in [7, 11) is 0. The van der Waals surface area contributed by atoms with Crippen molar-refractivity contribution in [3.63, 3.8) is 0 Å². The van der Waals surface area contributed by atoms with E-state index in [4.69, 9.17) is 9.47 Å². The summed E-state index contributed by atoms with van der Waals surface area (Å²) >= 11 is 0. The zero-order valence-electron chi connectivity index (χ0n) is 12.2. The van der Waals surface area contributed by atoms with Crippen LogP contribution in [0.2, 0.25) is 0 Å². The summed E-state index contributed by atoms with van der Waals surface area (Å²) in [4.78, 5) is 18.4. The van der Waals surface area contributed by atoms with Crippen LogP contribution in [0, 0.1) is 5.92 Å². The predicted molar refractivity (Wildman–Crippen MR) is 77.0 cm³/mol. The summed E-state index contributed by atoms with van der Waals surface area (Å²) in [5.41, 5.74) is 0. The molecule has 0 aromatic carbocycles. The second kappa shape index (κ2) is 7.12. The van der Waals surface area contributed by atoms with Gasteiger partial charge in [-0.2, -0.15) is 0 Å². The molecule has 0 saturated carbocycles. The molecule has 110 valence electrons. The maximum absolute atomic E-state index is 11.9. The third-order valence-electron chi connectivity index (χ3n) is 3.39. The Labute approximate surface area is 119 Å². The molecule has 20 heavy (non-hydrogen) atoms. The molecule has 1 aliphatic heterocycles. The van der Waals surface area contributed by atoms with Gasteiger partial charge in [-0.3, -0.25) is 4.79 Å². The van der Waals surface area contributed by atoms with Gasteiger partial charge in [0.1, 0.15) is 0 Å². The van der Waals surface area contributed by atoms with Gasteiger partial charge in [-0.05, 0) is 38.8 Å². The van der Waals surface area contributed by atoms with Gasteiger partial charge in [0.25, 0.3) is 0 Å². The van der Waals surface area contributed by atoms with Crippen molar-refractivity contribution < 1.29 is 14.3 Å². The molecular formula is C15H22N2O3. The maximum atomic E-state index is 11.9. The smallest absolute Gasteiger partial charge is 0.310 e. The first-order valence-corrected chi connectivity index (χ1v) is 7.25. The highest BCUT2D eigenvalue weighted by atomic mass is 16.5. The molecule has 1 fully saturated rings. The average molecular weight is 278 g/mol. The average Bonchev–Trinajstić information content (AvgIpc) is 2.48. The van der Waals surface area contributed by atoms with Gasteiger partial charge in [-0.15, -0.1) is 0 Å². The molecular weight excluding hydrogens is 256 g/mol. The lowest BCUT2D eigenvalue weighted by Gasteiger charge is -2.33. The molecule has 0 amide bonds. The van der Waals surface area contributed by atoms with E-state index in [0.29, 0.717) is 19.8 Å². The number of carbonyl (C=O) groups excluding carboxylic acids is 1. The molecule has 1 aromatic heterocycles. The highest BCUT2D eigenvalue weighted by Crippen LogP contribution is 2.29. The van der Waals surface area contributed by atoms with Crippen LogP contribution < -0.4 is 9.64 Å². The van der Waals surface area contributed by atoms with E-state index in [-0.39, 0.29) is 11.9 Å². The van der Waals surface area contributed by atoms with Crippen LogP contribution in [-0.4, -0.2) is 37.3 Å². The molecule has 0 aliphatic carbocycles. The first kappa shape index (κ1) is 14.6. The molecule has 0 N–H and O–H groups in total. The molecule has 5 nitrogen and oxygen atoms in total. The number of anilines is 1. The molecule has 5 heteroatoms. The van der Waals surface area contributed by atoms with Crippen LogP contribution in [0.1, 0.15) is 26.7 Å². The molecule has 0 bridgehead atoms. The molecule has 1 aromatic rings. The van der Waals surface area contributed by atoms with Crippen LogP contribution in [-0.2, 0) is 9.53 Å². The number of esters is 1. The van der Waals surface area contributed by atoms with Crippen LogP contribution in [0.4, 0.5) is 5.82 Å². The number of nitrogens with zero attached hydrogens (tertiary/aromatic N) is 2. The minimum atomic E-state index is -0.105. The first-order valence-electron chi connectivity index (χ1n) is 7.25. The highest BCUT2D eigenvalue weighted by molar-refractivity contribution is 5.73. The van der Waals surface area contributed by atoms with Gasteiger partial charge in [0.05, 0.1) is 19.1 Å². The number of rotatable bonds is 5. The predicted octanol–water partition coefficient (Wildman–Crippen LogP) is 2.26. The van der Waals surface area contributed by atoms with E-state index in [1.807, 2.05) is 26.0 Å². The number of hydrogen-bond acceptors (Lipinski definition) is 5. The lowest BCUT2D eigenvalue weighted by molar-refractivity contribution is -0.148. The monoisotopic (exact) mass is 278 g/mol. The Balaban J connectivity index is 2.10. The number of pyridine rings is 1. The fraction of sp³-hybridized carbons (Fsp3) is 0.600. The number of piperidine rings is 1. The Hall–Kier alpha value is -1.78. The molecule has 1 unspecified atom stereocenters. The number of ether oxygens (including phenoxy) is 2. The summed E-state index contributed by atoms with van der Waals surface area (Å²) in [5.74, 6) is 1.43. The van der Waals surface area contributed by atoms with Gasteiger partial charge in [0.2, 0.25) is 0 Å². The minimum absolute atomic E-state index is 0.0693. The summed E-state index contributed by atoms with van der Waals surface area (Å²) in [6.07, 6.45) is 3.60. The lowest BCUT2D eigenvalue weighted by Crippen LogP contribution is -2.40. The van der Waals surface area contributed by atoms with Crippen LogP contribution in [0.5, 0.6) is 5.75 Å². The van der Waals surface area contributed by atoms with Crippen molar-refractivity contribution in [2.45, 2.75) is 26.7 Å². The summed E-state index contributed by atoms with van der Waals surface area (Å²) in [6, 6.07) is 3.78. The van der Waals surface area contributed by atoms with Crippen molar-refractivity contribution in [3.05, 3.63) is 18.3 Å². The van der Waals surface area contributed by atoms with Gasteiger partial charge in [0.15, 0.2) is 11.6 Å². The van der Waals surface area contributed by atoms with Crippen molar-refractivity contribution >= 4 is 11.8 Å². The number of aromatic nitrogens is 1. The van der Waals surface area contributed by atoms with Crippen LogP contribution in [0.25, 0.3) is 0 Å². The molecule has 2 rings (SSSR count). The molecule has 0 spiro atoms. The quantitative estimate of drug-likeness (QED) is 0.773. The van der Waals surface area contributed by atoms with E-state index < -0.39 is 0 Å². The van der Waals surface area contributed by atoms with E-state index in [1.165, 1.54) is 0 Å². The van der Waals surface area contributed by atoms with Gasteiger partial charge in [-0.25, -0.2) is 4.98 Å². The van der Waals surface area contributed by atoms with Crippen molar-refractivity contribution in [1.82, 2.24) is 4.98 Å². The molecule has 1 atom stereocenters. The third-order valence-corrected chi connectivity index (χ3v) is 3.39. The SMILES string of the molecule is CCOC(=O)C1CCCN(c2ncccc2OCC)C1. The van der Waals surface area contributed by atoms with Gasteiger partial charge in [0, 0.05) is 19.3 Å². The zero-order chi connectivity index (χ0) is 14.4.